The number of primary amides is 1. The van der Waals surface area contributed by atoms with E-state index in [-0.39, 0.29) is 6.61 Å². The smallest absolute Gasteiger partial charge is 0.371 e. The van der Waals surface area contributed by atoms with E-state index in [1.165, 1.54) is 0 Å². The molecule has 1 radical (unpaired) electrons. The Hall–Kier alpha value is -0.835. The second-order valence-electron chi connectivity index (χ2n) is 1.01. The summed E-state index contributed by atoms with van der Waals surface area (Å²) >= 11 is 0. The molecule has 0 unspecified atom stereocenters. The summed E-state index contributed by atoms with van der Waals surface area (Å²) in [6.07, 6.45) is 0.414. The van der Waals surface area contributed by atoms with Crippen LogP contribution in [-0.4, -0.2) is 26.2 Å². The van der Waals surface area contributed by atoms with E-state index in [9.17, 15) is 9.59 Å². The maximum absolute atomic E-state index is 10.1. The Balaban J connectivity index is 3.06. The lowest BCUT2D eigenvalue weighted by Gasteiger charge is -1.89. The van der Waals surface area contributed by atoms with E-state index >= 15 is 0 Å². The van der Waals surface area contributed by atoms with Crippen molar-refractivity contribution in [3.05, 3.63) is 0 Å². The number of hydrogen-bond acceptors (Lipinski definition) is 3. The number of carbonyl (C=O) groups excluding carboxylic acids is 2. The first-order chi connectivity index (χ1) is 4.31. The Morgan fingerprint density at radius 1 is 2.12 bits per heavy atom. The lowest BCUT2D eigenvalue weighted by Crippen LogP contribution is -2.19. The summed E-state index contributed by atoms with van der Waals surface area (Å²) in [4.78, 5) is 19.6. The molecule has 0 atom stereocenters. The van der Waals surface area contributed by atoms with Crippen LogP contribution in [0.4, 0.5) is 0 Å². The second kappa shape index (κ2) is 4.33. The molecular weight excluding hydrogens is 109 g/mol. The van der Waals surface area contributed by atoms with Crippen molar-refractivity contribution in [1.29, 1.82) is 0 Å². The van der Waals surface area contributed by atoms with Gasteiger partial charge in [0.2, 0.25) is 5.91 Å². The maximum atomic E-state index is 10.1. The van der Waals surface area contributed by atoms with Gasteiger partial charge < -0.3 is 15.2 Å². The molecule has 0 heterocycles. The zero-order valence-electron chi connectivity index (χ0n) is 5.09. The summed E-state index contributed by atoms with van der Waals surface area (Å²) in [5.41, 5.74) is 1.57. The minimum absolute atomic E-state index is 0.289. The van der Waals surface area contributed by atoms with Crippen LogP contribution in [0.2, 0.25) is 1.41 Å². The van der Waals surface area contributed by atoms with Crippen LogP contribution in [-0.2, 0) is 14.2 Å². The van der Waals surface area contributed by atoms with Gasteiger partial charge in [0.1, 0.15) is 12.8 Å². The summed E-state index contributed by atoms with van der Waals surface area (Å²) in [6, 6.07) is 0. The SMILES string of the molecule is [2H]NC(=O)CO[B]C=O. The van der Waals surface area contributed by atoms with Gasteiger partial charge in [-0.05, 0) is 0 Å². The largest absolute Gasteiger partial charge is 0.423 e. The van der Waals surface area contributed by atoms with Crippen molar-refractivity contribution in [2.45, 2.75) is 0 Å². The number of hydrogen-bond donors (Lipinski definition) is 1. The molecule has 0 aromatic heterocycles. The van der Waals surface area contributed by atoms with E-state index in [0.717, 1.165) is 7.48 Å². The van der Waals surface area contributed by atoms with Crippen LogP contribution in [0.3, 0.4) is 0 Å². The standard InChI is InChI=1S/C3H5BNO3/c5-3(7)1-8-4-2-6/h2H,1H2,(H2,5,7)/i/hD. The summed E-state index contributed by atoms with van der Waals surface area (Å²) in [7, 11) is 0.842. The molecule has 2 N–H and O–H groups in total. The first kappa shape index (κ1) is 5.30. The van der Waals surface area contributed by atoms with E-state index in [0.29, 0.717) is 6.19 Å². The third-order valence-corrected chi connectivity index (χ3v) is 0.366. The van der Waals surface area contributed by atoms with E-state index in [1.807, 2.05) is 0 Å². The first-order valence-electron chi connectivity index (χ1n) is 2.40. The van der Waals surface area contributed by atoms with Gasteiger partial charge in [0.25, 0.3) is 0 Å². The Labute approximate surface area is 48.7 Å². The highest BCUT2D eigenvalue weighted by atomic mass is 16.4. The minimum atomic E-state index is -0.590. The van der Waals surface area contributed by atoms with E-state index in [1.54, 1.807) is 5.73 Å². The topological polar surface area (TPSA) is 69.4 Å². The molecular formula is C3H5BNO3. The molecule has 0 saturated heterocycles. The van der Waals surface area contributed by atoms with Crippen molar-refractivity contribution < 1.29 is 15.7 Å². The van der Waals surface area contributed by atoms with Gasteiger partial charge in [-0.1, -0.05) is 0 Å². The lowest BCUT2D eigenvalue weighted by atomic mass is 10.1. The Morgan fingerprint density at radius 3 is 3.38 bits per heavy atom. The van der Waals surface area contributed by atoms with Crippen LogP contribution >= 0.6 is 0 Å². The van der Waals surface area contributed by atoms with Gasteiger partial charge in [-0.2, -0.15) is 0 Å². The van der Waals surface area contributed by atoms with Crippen molar-refractivity contribution in [2.75, 3.05) is 6.61 Å². The van der Waals surface area contributed by atoms with Gasteiger partial charge in [0.05, 0.1) is 0 Å². The predicted molar refractivity (Wildman–Crippen MR) is 27.7 cm³/mol. The number of amides is 1. The van der Waals surface area contributed by atoms with E-state index in [2.05, 4.69) is 4.65 Å². The Morgan fingerprint density at radius 2 is 2.88 bits per heavy atom. The molecule has 4 nitrogen and oxygen atoms in total. The zero-order chi connectivity index (χ0) is 7.11. The van der Waals surface area contributed by atoms with Gasteiger partial charge in [-0.15, -0.1) is 0 Å². The van der Waals surface area contributed by atoms with Crippen LogP contribution in [0, 0.1) is 0 Å². The fourth-order valence-electron chi connectivity index (χ4n) is 0.163. The molecule has 0 aliphatic carbocycles. The first-order valence-corrected chi connectivity index (χ1v) is 1.90. The fraction of sp³-hybridized carbons (Fsp3) is 0.333. The van der Waals surface area contributed by atoms with Crippen molar-refractivity contribution in [1.82, 2.24) is 0 Å². The van der Waals surface area contributed by atoms with Gasteiger partial charge in [-0.3, -0.25) is 4.79 Å². The van der Waals surface area contributed by atoms with Gasteiger partial charge >= 0.3 is 7.48 Å². The molecule has 0 rings (SSSR count). The van der Waals surface area contributed by atoms with Crippen LogP contribution in [0.5, 0.6) is 0 Å². The third-order valence-electron chi connectivity index (χ3n) is 0.366. The predicted octanol–water partition coefficient (Wildman–Crippen LogP) is -1.70. The molecule has 0 fully saturated rings. The van der Waals surface area contributed by atoms with E-state index < -0.39 is 5.91 Å². The lowest BCUT2D eigenvalue weighted by molar-refractivity contribution is -0.119. The quantitative estimate of drug-likeness (QED) is 0.269. The summed E-state index contributed by atoms with van der Waals surface area (Å²) in [5.74, 6) is -0.590. The fourth-order valence-corrected chi connectivity index (χ4v) is 0.163. The molecule has 0 aliphatic rings. The number of nitrogens with two attached hydrogens (primary N) is 1. The summed E-state index contributed by atoms with van der Waals surface area (Å²) in [5, 5.41) is 0. The molecule has 0 bridgehead atoms. The molecule has 1 amide bonds. The van der Waals surface area contributed by atoms with Crippen LogP contribution in [0.1, 0.15) is 0 Å². The molecule has 0 spiro atoms. The number of rotatable bonds is 4. The Bertz CT molecular complexity index is 109. The van der Waals surface area contributed by atoms with Crippen LogP contribution in [0.15, 0.2) is 0 Å². The van der Waals surface area contributed by atoms with Gasteiger partial charge in [0, 0.05) is 0 Å². The third kappa shape index (κ3) is 5.16. The average Bonchev–Trinajstić information content (AvgIpc) is 1.89. The second-order valence-corrected chi connectivity index (χ2v) is 1.01. The van der Waals surface area contributed by atoms with Gasteiger partial charge in [-0.25, -0.2) is 0 Å². The number of carbonyl (C=O) groups is 2. The van der Waals surface area contributed by atoms with Crippen LogP contribution < -0.4 is 5.73 Å². The molecule has 8 heavy (non-hydrogen) atoms. The summed E-state index contributed by atoms with van der Waals surface area (Å²) < 4.78 is 10.6. The Kier molecular flexibility index (Phi) is 2.87. The van der Waals surface area contributed by atoms with Crippen molar-refractivity contribution in [3.63, 3.8) is 0 Å². The van der Waals surface area contributed by atoms with Crippen molar-refractivity contribution >= 4 is 19.6 Å². The van der Waals surface area contributed by atoms with Crippen LogP contribution in [0.25, 0.3) is 0 Å². The highest BCUT2D eigenvalue weighted by molar-refractivity contribution is 6.61. The monoisotopic (exact) mass is 115 g/mol. The average molecular weight is 115 g/mol. The van der Waals surface area contributed by atoms with E-state index in [4.69, 9.17) is 1.41 Å². The zero-order valence-corrected chi connectivity index (χ0v) is 4.09. The molecule has 0 aromatic carbocycles. The summed E-state index contributed by atoms with van der Waals surface area (Å²) in [6.45, 7) is -0.289. The highest BCUT2D eigenvalue weighted by Crippen LogP contribution is 1.63. The van der Waals surface area contributed by atoms with Crippen molar-refractivity contribution in [3.8, 4) is 0 Å². The molecule has 0 aromatic rings. The highest BCUT2D eigenvalue weighted by Gasteiger charge is 1.92. The molecule has 43 valence electrons. The minimum Gasteiger partial charge on any atom is -0.423 e. The molecule has 0 saturated carbocycles. The van der Waals surface area contributed by atoms with Crippen molar-refractivity contribution in [2.24, 2.45) is 5.73 Å². The van der Waals surface area contributed by atoms with Gasteiger partial charge in [0.15, 0.2) is 1.41 Å². The molecule has 0 aliphatic heterocycles. The maximum Gasteiger partial charge on any atom is 0.371 e. The normalized spacial score (nSPS) is 9.25. The molecule has 5 heteroatoms.